The smallest absolute Gasteiger partial charge is 0.418 e. The molecule has 190 valence electrons. The average Bonchev–Trinajstić information content (AvgIpc) is 2.90. The molecule has 2 atom stereocenters. The van der Waals surface area contributed by atoms with E-state index in [0.717, 1.165) is 11.8 Å². The zero-order valence-corrected chi connectivity index (χ0v) is 20.4. The highest BCUT2D eigenvalue weighted by Crippen LogP contribution is 2.27. The van der Waals surface area contributed by atoms with Crippen LogP contribution in [0.3, 0.4) is 0 Å². The second-order valence-corrected chi connectivity index (χ2v) is 9.27. The monoisotopic (exact) mass is 502 g/mol. The molecule has 1 rings (SSSR count). The molecule has 1 fully saturated rings. The lowest BCUT2D eigenvalue weighted by Crippen LogP contribution is -2.47. The van der Waals surface area contributed by atoms with Gasteiger partial charge in [0.2, 0.25) is 5.91 Å². The largest absolute Gasteiger partial charge is 0.469 e. The first kappa shape index (κ1) is 29.1. The summed E-state index contributed by atoms with van der Waals surface area (Å²) in [7, 11) is 1.22. The summed E-state index contributed by atoms with van der Waals surface area (Å²) in [6.45, 7) is 4.61. The number of amides is 2. The normalized spacial score (nSPS) is 17.9. The van der Waals surface area contributed by atoms with E-state index in [-0.39, 0.29) is 61.5 Å². The Kier molecular flexibility index (Phi) is 11.7. The minimum atomic E-state index is -1.26. The number of cyclic esters (lactones) is 2. The SMILES string of the molecule is COC(=O)CCC(=O)C(C)C(=O)SCCNC(=O)CCNC(=O)[C@@H]1OC(=O)C(=O)OCC1(C)C. The highest BCUT2D eigenvalue weighted by molar-refractivity contribution is 8.13. The molecular formula is C21H30N2O10S. The van der Waals surface area contributed by atoms with Gasteiger partial charge in [0, 0.05) is 37.1 Å². The van der Waals surface area contributed by atoms with Gasteiger partial charge in [-0.3, -0.25) is 24.0 Å². The number of methoxy groups -OCH3 is 1. The van der Waals surface area contributed by atoms with Gasteiger partial charge >= 0.3 is 17.9 Å². The van der Waals surface area contributed by atoms with Crippen LogP contribution in [0.15, 0.2) is 0 Å². The van der Waals surface area contributed by atoms with Crippen molar-refractivity contribution in [2.45, 2.75) is 46.1 Å². The molecule has 0 radical (unpaired) electrons. The number of ketones is 1. The first-order chi connectivity index (χ1) is 15.9. The van der Waals surface area contributed by atoms with E-state index in [4.69, 9.17) is 9.47 Å². The summed E-state index contributed by atoms with van der Waals surface area (Å²) in [5, 5.41) is 4.71. The Bertz CT molecular complexity index is 826. The van der Waals surface area contributed by atoms with Crippen molar-refractivity contribution >= 4 is 52.4 Å². The van der Waals surface area contributed by atoms with E-state index < -0.39 is 41.3 Å². The number of carbonyl (C=O) groups excluding carboxylic acids is 7. The standard InChI is InChI=1S/C21H30N2O10S/c1-12(13(24)5-6-15(26)31-4)20(30)34-10-9-22-14(25)7-8-23-17(27)16-21(2,3)11-32-18(28)19(29)33-16/h12,16H,5-11H2,1-4H3,(H,22,25)(H,23,27)/t12?,16-/m0/s1. The molecule has 0 aromatic rings. The van der Waals surface area contributed by atoms with Crippen LogP contribution in [0.5, 0.6) is 0 Å². The predicted octanol–water partition coefficient (Wildman–Crippen LogP) is -0.478. The average molecular weight is 503 g/mol. The van der Waals surface area contributed by atoms with Gasteiger partial charge in [-0.2, -0.15) is 0 Å². The molecular weight excluding hydrogens is 472 g/mol. The van der Waals surface area contributed by atoms with Crippen LogP contribution in [0.1, 0.15) is 40.0 Å². The van der Waals surface area contributed by atoms with Crippen molar-refractivity contribution in [3.05, 3.63) is 0 Å². The second kappa shape index (κ2) is 13.7. The van der Waals surface area contributed by atoms with E-state index in [1.165, 1.54) is 14.0 Å². The number of Topliss-reactive ketones (excluding diaryl/α,β-unsaturated/α-hetero) is 1. The van der Waals surface area contributed by atoms with Gasteiger partial charge in [0.25, 0.3) is 5.91 Å². The molecule has 1 saturated heterocycles. The van der Waals surface area contributed by atoms with Gasteiger partial charge in [0.1, 0.15) is 12.4 Å². The van der Waals surface area contributed by atoms with Crippen LogP contribution in [0.2, 0.25) is 0 Å². The molecule has 0 bridgehead atoms. The molecule has 2 N–H and O–H groups in total. The summed E-state index contributed by atoms with van der Waals surface area (Å²) in [6.07, 6.45) is -1.49. The fourth-order valence-electron chi connectivity index (χ4n) is 2.73. The lowest BCUT2D eigenvalue weighted by atomic mass is 9.87. The number of hydrogen-bond donors (Lipinski definition) is 2. The molecule has 0 aromatic carbocycles. The Morgan fingerprint density at radius 3 is 2.38 bits per heavy atom. The van der Waals surface area contributed by atoms with Gasteiger partial charge in [-0.1, -0.05) is 25.6 Å². The lowest BCUT2D eigenvalue weighted by molar-refractivity contribution is -0.168. The topological polar surface area (TPSA) is 171 Å². The Morgan fingerprint density at radius 1 is 1.06 bits per heavy atom. The van der Waals surface area contributed by atoms with Gasteiger partial charge < -0.3 is 24.8 Å². The van der Waals surface area contributed by atoms with Crippen LogP contribution < -0.4 is 10.6 Å². The molecule has 0 saturated carbocycles. The molecule has 2 amide bonds. The van der Waals surface area contributed by atoms with Gasteiger partial charge in [0.05, 0.1) is 19.4 Å². The molecule has 1 heterocycles. The fourth-order valence-corrected chi connectivity index (χ4v) is 3.52. The molecule has 0 aliphatic carbocycles. The molecule has 13 heteroatoms. The van der Waals surface area contributed by atoms with E-state index in [2.05, 4.69) is 15.4 Å². The predicted molar refractivity (Wildman–Crippen MR) is 118 cm³/mol. The number of nitrogens with one attached hydrogen (secondary N) is 2. The molecule has 1 unspecified atom stereocenters. The van der Waals surface area contributed by atoms with E-state index in [1.54, 1.807) is 13.8 Å². The Morgan fingerprint density at radius 2 is 1.74 bits per heavy atom. The minimum Gasteiger partial charge on any atom is -0.469 e. The Hall–Kier alpha value is -2.96. The van der Waals surface area contributed by atoms with Gasteiger partial charge in [-0.05, 0) is 6.92 Å². The molecule has 12 nitrogen and oxygen atoms in total. The van der Waals surface area contributed by atoms with E-state index in [0.29, 0.717) is 0 Å². The number of hydrogen-bond acceptors (Lipinski definition) is 11. The Balaban J connectivity index is 2.30. The molecule has 0 aromatic heterocycles. The van der Waals surface area contributed by atoms with E-state index in [1.807, 2.05) is 0 Å². The summed E-state index contributed by atoms with van der Waals surface area (Å²) in [4.78, 5) is 82.3. The van der Waals surface area contributed by atoms with Gasteiger partial charge in [0.15, 0.2) is 11.2 Å². The maximum atomic E-state index is 12.4. The van der Waals surface area contributed by atoms with Crippen LogP contribution >= 0.6 is 11.8 Å². The number of ether oxygens (including phenoxy) is 3. The second-order valence-electron chi connectivity index (χ2n) is 8.17. The van der Waals surface area contributed by atoms with Crippen molar-refractivity contribution in [3.8, 4) is 0 Å². The zero-order valence-electron chi connectivity index (χ0n) is 19.6. The lowest BCUT2D eigenvalue weighted by Gasteiger charge is -2.28. The third-order valence-corrected chi connectivity index (χ3v) is 5.92. The van der Waals surface area contributed by atoms with Crippen molar-refractivity contribution in [1.29, 1.82) is 0 Å². The highest BCUT2D eigenvalue weighted by atomic mass is 32.2. The maximum absolute atomic E-state index is 12.4. The van der Waals surface area contributed by atoms with Crippen molar-refractivity contribution < 1.29 is 47.8 Å². The third kappa shape index (κ3) is 9.49. The summed E-state index contributed by atoms with van der Waals surface area (Å²) in [5.41, 5.74) is -0.949. The summed E-state index contributed by atoms with van der Waals surface area (Å²) in [5.74, 6) is -4.98. The minimum absolute atomic E-state index is 0.0403. The van der Waals surface area contributed by atoms with Crippen molar-refractivity contribution in [2.75, 3.05) is 32.6 Å². The van der Waals surface area contributed by atoms with Gasteiger partial charge in [-0.25, -0.2) is 9.59 Å². The van der Waals surface area contributed by atoms with Crippen LogP contribution in [0.25, 0.3) is 0 Å². The first-order valence-electron chi connectivity index (χ1n) is 10.6. The maximum Gasteiger partial charge on any atom is 0.418 e. The summed E-state index contributed by atoms with van der Waals surface area (Å²) in [6, 6.07) is 0. The molecule has 1 aliphatic rings. The van der Waals surface area contributed by atoms with Crippen molar-refractivity contribution in [2.24, 2.45) is 11.3 Å². The van der Waals surface area contributed by atoms with Crippen LogP contribution in [-0.2, 0) is 47.8 Å². The highest BCUT2D eigenvalue weighted by Gasteiger charge is 2.44. The van der Waals surface area contributed by atoms with E-state index >= 15 is 0 Å². The molecule has 0 spiro atoms. The first-order valence-corrected chi connectivity index (χ1v) is 11.6. The van der Waals surface area contributed by atoms with Crippen LogP contribution in [0, 0.1) is 11.3 Å². The fraction of sp³-hybridized carbons (Fsp3) is 0.667. The molecule has 34 heavy (non-hydrogen) atoms. The van der Waals surface area contributed by atoms with Crippen LogP contribution in [0.4, 0.5) is 0 Å². The van der Waals surface area contributed by atoms with Crippen molar-refractivity contribution in [1.82, 2.24) is 10.6 Å². The summed E-state index contributed by atoms with van der Waals surface area (Å²) < 4.78 is 14.1. The molecule has 1 aliphatic heterocycles. The van der Waals surface area contributed by atoms with Crippen LogP contribution in [-0.4, -0.2) is 79.3 Å². The van der Waals surface area contributed by atoms with Gasteiger partial charge in [-0.15, -0.1) is 0 Å². The zero-order chi connectivity index (χ0) is 25.9. The number of rotatable bonds is 12. The quantitative estimate of drug-likeness (QED) is 0.116. The number of thioether (sulfide) groups is 1. The third-order valence-electron chi connectivity index (χ3n) is 4.87. The van der Waals surface area contributed by atoms with Crippen molar-refractivity contribution in [3.63, 3.8) is 0 Å². The number of carbonyl (C=O) groups is 7. The van der Waals surface area contributed by atoms with E-state index in [9.17, 15) is 33.6 Å². The number of esters is 3. The summed E-state index contributed by atoms with van der Waals surface area (Å²) >= 11 is 0.896. The Labute approximate surface area is 201 Å².